The van der Waals surface area contributed by atoms with Crippen molar-refractivity contribution in [2.45, 2.75) is 19.5 Å². The highest BCUT2D eigenvalue weighted by molar-refractivity contribution is 6.30. The summed E-state index contributed by atoms with van der Waals surface area (Å²) in [6.07, 6.45) is 0. The third-order valence-corrected chi connectivity index (χ3v) is 3.48. The number of rotatable bonds is 5. The fourth-order valence-corrected chi connectivity index (χ4v) is 2.15. The van der Waals surface area contributed by atoms with Gasteiger partial charge in [0.2, 0.25) is 0 Å². The van der Waals surface area contributed by atoms with Crippen molar-refractivity contribution in [3.63, 3.8) is 0 Å². The molecule has 0 amide bonds. The minimum Gasteiger partial charge on any atom is -0.497 e. The number of nitrogens with one attached hydrogen (secondary N) is 1. The molecule has 0 aliphatic carbocycles. The van der Waals surface area contributed by atoms with Gasteiger partial charge in [-0.05, 0) is 42.3 Å². The fraction of sp³-hybridized carbons (Fsp3) is 0.250. The zero-order valence-corrected chi connectivity index (χ0v) is 12.2. The van der Waals surface area contributed by atoms with Crippen LogP contribution in [-0.2, 0) is 6.54 Å². The lowest BCUT2D eigenvalue weighted by Crippen LogP contribution is -2.18. The highest BCUT2D eigenvalue weighted by Gasteiger charge is 2.07. The van der Waals surface area contributed by atoms with Gasteiger partial charge in [-0.25, -0.2) is 4.39 Å². The third kappa shape index (κ3) is 3.71. The zero-order valence-electron chi connectivity index (χ0n) is 11.5. The molecular formula is C16H17ClFNO. The second kappa shape index (κ2) is 6.73. The van der Waals surface area contributed by atoms with Crippen LogP contribution in [0.1, 0.15) is 24.1 Å². The van der Waals surface area contributed by atoms with Crippen LogP contribution in [0.4, 0.5) is 4.39 Å². The van der Waals surface area contributed by atoms with Gasteiger partial charge in [-0.3, -0.25) is 0 Å². The molecule has 2 aromatic carbocycles. The second-order valence-corrected chi connectivity index (χ2v) is 5.03. The van der Waals surface area contributed by atoms with Gasteiger partial charge in [-0.2, -0.15) is 0 Å². The SMILES string of the molecule is COc1cccc([C@H](C)NCc2ccc(F)c(Cl)c2)c1. The summed E-state index contributed by atoms with van der Waals surface area (Å²) in [7, 11) is 1.65. The number of benzene rings is 2. The van der Waals surface area contributed by atoms with Crippen LogP contribution in [0.15, 0.2) is 42.5 Å². The molecule has 0 bridgehead atoms. The van der Waals surface area contributed by atoms with Crippen LogP contribution >= 0.6 is 11.6 Å². The zero-order chi connectivity index (χ0) is 14.5. The Balaban J connectivity index is 2.00. The summed E-state index contributed by atoms with van der Waals surface area (Å²) in [6.45, 7) is 2.69. The molecule has 0 saturated heterocycles. The van der Waals surface area contributed by atoms with E-state index < -0.39 is 5.82 Å². The summed E-state index contributed by atoms with van der Waals surface area (Å²) in [5.74, 6) is 0.442. The number of hydrogen-bond donors (Lipinski definition) is 1. The first-order chi connectivity index (χ1) is 9.60. The van der Waals surface area contributed by atoms with E-state index >= 15 is 0 Å². The molecule has 0 unspecified atom stereocenters. The van der Waals surface area contributed by atoms with E-state index in [9.17, 15) is 4.39 Å². The van der Waals surface area contributed by atoms with Crippen molar-refractivity contribution in [3.05, 3.63) is 64.4 Å². The van der Waals surface area contributed by atoms with Crippen LogP contribution in [0.5, 0.6) is 5.75 Å². The molecule has 2 aromatic rings. The first-order valence-electron chi connectivity index (χ1n) is 6.41. The van der Waals surface area contributed by atoms with Crippen molar-refractivity contribution in [2.24, 2.45) is 0 Å². The highest BCUT2D eigenvalue weighted by atomic mass is 35.5. The predicted octanol–water partition coefficient (Wildman–Crippen LogP) is 4.34. The smallest absolute Gasteiger partial charge is 0.141 e. The molecule has 0 aromatic heterocycles. The molecule has 0 spiro atoms. The average Bonchev–Trinajstić information content (AvgIpc) is 2.48. The Labute approximate surface area is 123 Å². The van der Waals surface area contributed by atoms with Gasteiger partial charge in [0.1, 0.15) is 11.6 Å². The summed E-state index contributed by atoms with van der Waals surface area (Å²) in [5, 5.41) is 3.53. The minimum atomic E-state index is -0.392. The molecule has 20 heavy (non-hydrogen) atoms. The minimum absolute atomic E-state index is 0.151. The van der Waals surface area contributed by atoms with Gasteiger partial charge < -0.3 is 10.1 Å². The molecule has 2 nitrogen and oxygen atoms in total. The van der Waals surface area contributed by atoms with E-state index in [4.69, 9.17) is 16.3 Å². The molecule has 1 atom stereocenters. The first kappa shape index (κ1) is 14.8. The Hall–Kier alpha value is -1.58. The number of ether oxygens (including phenoxy) is 1. The highest BCUT2D eigenvalue weighted by Crippen LogP contribution is 2.20. The lowest BCUT2D eigenvalue weighted by Gasteiger charge is -2.15. The van der Waals surface area contributed by atoms with Gasteiger partial charge in [-0.1, -0.05) is 29.8 Å². The van der Waals surface area contributed by atoms with Gasteiger partial charge in [0.15, 0.2) is 0 Å². The van der Waals surface area contributed by atoms with Crippen LogP contribution in [0.2, 0.25) is 5.02 Å². The second-order valence-electron chi connectivity index (χ2n) is 4.63. The summed E-state index contributed by atoms with van der Waals surface area (Å²) in [5.41, 5.74) is 2.09. The Bertz CT molecular complexity index is 588. The molecule has 0 aliphatic heterocycles. The van der Waals surface area contributed by atoms with Crippen LogP contribution in [0, 0.1) is 5.82 Å². The van der Waals surface area contributed by atoms with Crippen molar-refractivity contribution in [1.29, 1.82) is 0 Å². The number of methoxy groups -OCH3 is 1. The molecular weight excluding hydrogens is 277 g/mol. The van der Waals surface area contributed by atoms with Crippen LogP contribution in [-0.4, -0.2) is 7.11 Å². The Morgan fingerprint density at radius 1 is 1.25 bits per heavy atom. The fourth-order valence-electron chi connectivity index (χ4n) is 1.95. The molecule has 4 heteroatoms. The summed E-state index contributed by atoms with van der Waals surface area (Å²) in [4.78, 5) is 0. The number of hydrogen-bond acceptors (Lipinski definition) is 2. The largest absolute Gasteiger partial charge is 0.497 e. The molecule has 0 aliphatic rings. The normalized spacial score (nSPS) is 12.2. The lowest BCUT2D eigenvalue weighted by atomic mass is 10.1. The number of halogens is 2. The van der Waals surface area contributed by atoms with Gasteiger partial charge in [0.25, 0.3) is 0 Å². The van der Waals surface area contributed by atoms with E-state index in [1.54, 1.807) is 19.2 Å². The summed E-state index contributed by atoms with van der Waals surface area (Å²) in [6, 6.07) is 12.8. The van der Waals surface area contributed by atoms with E-state index in [1.165, 1.54) is 6.07 Å². The van der Waals surface area contributed by atoms with Crippen molar-refractivity contribution in [1.82, 2.24) is 5.32 Å². The maximum absolute atomic E-state index is 13.1. The predicted molar refractivity (Wildman–Crippen MR) is 79.7 cm³/mol. The Morgan fingerprint density at radius 3 is 2.75 bits per heavy atom. The van der Waals surface area contributed by atoms with Gasteiger partial charge in [-0.15, -0.1) is 0 Å². The average molecular weight is 294 g/mol. The maximum atomic E-state index is 13.1. The topological polar surface area (TPSA) is 21.3 Å². The third-order valence-electron chi connectivity index (χ3n) is 3.19. The van der Waals surface area contributed by atoms with Crippen molar-refractivity contribution in [3.8, 4) is 5.75 Å². The first-order valence-corrected chi connectivity index (χ1v) is 6.79. The molecule has 2 rings (SSSR count). The lowest BCUT2D eigenvalue weighted by molar-refractivity contribution is 0.413. The van der Waals surface area contributed by atoms with Gasteiger partial charge in [0, 0.05) is 12.6 Å². The van der Waals surface area contributed by atoms with Crippen molar-refractivity contribution >= 4 is 11.6 Å². The molecule has 0 saturated carbocycles. The Kier molecular flexibility index (Phi) is 4.99. The van der Waals surface area contributed by atoms with Crippen molar-refractivity contribution < 1.29 is 9.13 Å². The summed E-state index contributed by atoms with van der Waals surface area (Å²) < 4.78 is 18.3. The molecule has 106 valence electrons. The standard InChI is InChI=1S/C16H17ClFNO/c1-11(13-4-3-5-14(9-13)20-2)19-10-12-6-7-16(18)15(17)8-12/h3-9,11,19H,10H2,1-2H3/t11-/m0/s1. The monoisotopic (exact) mass is 293 g/mol. The van der Waals surface area contributed by atoms with Gasteiger partial charge in [0.05, 0.1) is 12.1 Å². The van der Waals surface area contributed by atoms with Crippen LogP contribution in [0.25, 0.3) is 0 Å². The van der Waals surface area contributed by atoms with Crippen LogP contribution in [0.3, 0.4) is 0 Å². The van der Waals surface area contributed by atoms with Crippen LogP contribution < -0.4 is 10.1 Å². The van der Waals surface area contributed by atoms with Crippen molar-refractivity contribution in [2.75, 3.05) is 7.11 Å². The van der Waals surface area contributed by atoms with E-state index in [0.717, 1.165) is 16.9 Å². The quantitative estimate of drug-likeness (QED) is 0.885. The van der Waals surface area contributed by atoms with E-state index in [1.807, 2.05) is 24.3 Å². The molecule has 0 radical (unpaired) electrons. The van der Waals surface area contributed by atoms with E-state index in [2.05, 4.69) is 12.2 Å². The molecule has 0 heterocycles. The van der Waals surface area contributed by atoms with E-state index in [-0.39, 0.29) is 11.1 Å². The molecule has 1 N–H and O–H groups in total. The Morgan fingerprint density at radius 2 is 2.05 bits per heavy atom. The van der Waals surface area contributed by atoms with E-state index in [0.29, 0.717) is 6.54 Å². The maximum Gasteiger partial charge on any atom is 0.141 e. The van der Waals surface area contributed by atoms with Gasteiger partial charge >= 0.3 is 0 Å². The molecule has 0 fully saturated rings. The summed E-state index contributed by atoms with van der Waals surface area (Å²) >= 11 is 5.77.